The van der Waals surface area contributed by atoms with Crippen molar-refractivity contribution in [2.45, 2.75) is 52.1 Å². The molecule has 1 unspecified atom stereocenters. The van der Waals surface area contributed by atoms with Gasteiger partial charge in [0.15, 0.2) is 0 Å². The van der Waals surface area contributed by atoms with Crippen LogP contribution >= 0.6 is 0 Å². The van der Waals surface area contributed by atoms with Crippen LogP contribution in [-0.4, -0.2) is 54.5 Å². The summed E-state index contributed by atoms with van der Waals surface area (Å²) in [5.41, 5.74) is -0.0469. The van der Waals surface area contributed by atoms with E-state index >= 15 is 0 Å². The Bertz CT molecular complexity index is 335. The van der Waals surface area contributed by atoms with E-state index in [-0.39, 0.29) is 11.5 Å². The molecular formula is C15H28N2O3. The molecule has 1 amide bonds. The topological polar surface area (TPSA) is 61.8 Å². The zero-order chi connectivity index (χ0) is 14.8. The molecule has 0 aromatic rings. The largest absolute Gasteiger partial charge is 0.465 e. The summed E-state index contributed by atoms with van der Waals surface area (Å²) in [6, 6.07) is 0.643. The van der Waals surface area contributed by atoms with Crippen LogP contribution in [0, 0.1) is 11.3 Å². The molecule has 0 saturated carbocycles. The first kappa shape index (κ1) is 15.6. The van der Waals surface area contributed by atoms with Crippen LogP contribution in [0.1, 0.15) is 40.0 Å². The maximum absolute atomic E-state index is 11.1. The van der Waals surface area contributed by atoms with Crippen LogP contribution in [0.5, 0.6) is 0 Å². The Balaban J connectivity index is 1.96. The van der Waals surface area contributed by atoms with Gasteiger partial charge in [0.25, 0.3) is 0 Å². The minimum Gasteiger partial charge on any atom is -0.465 e. The molecule has 0 spiro atoms. The van der Waals surface area contributed by atoms with Crippen molar-refractivity contribution in [3.8, 4) is 0 Å². The smallest absolute Gasteiger partial charge is 0.404 e. The van der Waals surface area contributed by atoms with Gasteiger partial charge in [-0.1, -0.05) is 20.8 Å². The van der Waals surface area contributed by atoms with Crippen LogP contribution in [0.2, 0.25) is 0 Å². The Kier molecular flexibility index (Phi) is 4.91. The van der Waals surface area contributed by atoms with E-state index in [9.17, 15) is 4.79 Å². The fourth-order valence-electron chi connectivity index (χ4n) is 3.64. The third-order valence-corrected chi connectivity index (χ3v) is 4.65. The number of carbonyl (C=O) groups is 1. The van der Waals surface area contributed by atoms with Gasteiger partial charge < -0.3 is 15.2 Å². The Morgan fingerprint density at radius 1 is 1.30 bits per heavy atom. The summed E-state index contributed by atoms with van der Waals surface area (Å²) >= 11 is 0. The van der Waals surface area contributed by atoms with Gasteiger partial charge in [-0.05, 0) is 37.1 Å². The third kappa shape index (κ3) is 3.85. The standard InChI is InChI=1S/C15H28N2O3/c1-15(2,3)13(16-14(18)19)11-4-7-17(10-11)12-5-8-20-9-6-12/h11-13,16H,4-10H2,1-3H3,(H,18,19)/t11?,13-/m1/s1. The van der Waals surface area contributed by atoms with E-state index in [1.54, 1.807) is 0 Å². The molecule has 2 rings (SSSR count). The Morgan fingerprint density at radius 2 is 1.95 bits per heavy atom. The molecule has 0 bridgehead atoms. The number of likely N-dealkylation sites (tertiary alicyclic amines) is 1. The Morgan fingerprint density at radius 3 is 2.50 bits per heavy atom. The van der Waals surface area contributed by atoms with Gasteiger partial charge in [-0.2, -0.15) is 0 Å². The van der Waals surface area contributed by atoms with E-state index in [4.69, 9.17) is 9.84 Å². The molecule has 2 aliphatic rings. The summed E-state index contributed by atoms with van der Waals surface area (Å²) in [6.45, 7) is 10.2. The zero-order valence-electron chi connectivity index (χ0n) is 12.9. The third-order valence-electron chi connectivity index (χ3n) is 4.65. The molecular weight excluding hydrogens is 256 g/mol. The van der Waals surface area contributed by atoms with Crippen LogP contribution in [0.4, 0.5) is 4.79 Å². The van der Waals surface area contributed by atoms with Crippen molar-refractivity contribution in [3.63, 3.8) is 0 Å². The first-order chi connectivity index (χ1) is 9.38. The molecule has 2 aliphatic heterocycles. The summed E-state index contributed by atoms with van der Waals surface area (Å²) in [5.74, 6) is 0.411. The van der Waals surface area contributed by atoms with E-state index in [1.165, 1.54) is 0 Å². The second kappa shape index (κ2) is 6.31. The van der Waals surface area contributed by atoms with Gasteiger partial charge in [-0.15, -0.1) is 0 Å². The molecule has 5 heteroatoms. The van der Waals surface area contributed by atoms with Crippen molar-refractivity contribution in [1.29, 1.82) is 0 Å². The van der Waals surface area contributed by atoms with Crippen LogP contribution in [0.25, 0.3) is 0 Å². The number of ether oxygens (including phenoxy) is 1. The highest BCUT2D eigenvalue weighted by atomic mass is 16.5. The van der Waals surface area contributed by atoms with E-state index in [2.05, 4.69) is 31.0 Å². The number of hydrogen-bond acceptors (Lipinski definition) is 3. The number of amides is 1. The number of nitrogens with zero attached hydrogens (tertiary/aromatic N) is 1. The molecule has 0 aromatic carbocycles. The van der Waals surface area contributed by atoms with Crippen molar-refractivity contribution >= 4 is 6.09 Å². The molecule has 5 nitrogen and oxygen atoms in total. The fraction of sp³-hybridized carbons (Fsp3) is 0.933. The summed E-state index contributed by atoms with van der Waals surface area (Å²) in [6.07, 6.45) is 2.40. The highest BCUT2D eigenvalue weighted by Gasteiger charge is 2.39. The maximum Gasteiger partial charge on any atom is 0.404 e. The van der Waals surface area contributed by atoms with E-state index in [0.717, 1.165) is 45.6 Å². The number of rotatable bonds is 3. The average Bonchev–Trinajstić information content (AvgIpc) is 2.84. The number of nitrogens with one attached hydrogen (secondary N) is 1. The minimum absolute atomic E-state index is 0.0184. The lowest BCUT2D eigenvalue weighted by Crippen LogP contribution is -2.49. The maximum atomic E-state index is 11.1. The number of carboxylic acid groups (broad SMARTS) is 1. The molecule has 2 heterocycles. The monoisotopic (exact) mass is 284 g/mol. The Hall–Kier alpha value is -0.810. The quantitative estimate of drug-likeness (QED) is 0.834. The summed E-state index contributed by atoms with van der Waals surface area (Å²) in [7, 11) is 0. The second-order valence-corrected chi connectivity index (χ2v) is 7.18. The molecule has 0 aromatic heterocycles. The summed E-state index contributed by atoms with van der Waals surface area (Å²) in [4.78, 5) is 13.6. The molecule has 2 atom stereocenters. The first-order valence-electron chi connectivity index (χ1n) is 7.69. The predicted octanol–water partition coefficient (Wildman–Crippen LogP) is 2.17. The van der Waals surface area contributed by atoms with Gasteiger partial charge in [-0.3, -0.25) is 4.90 Å². The van der Waals surface area contributed by atoms with Crippen molar-refractivity contribution in [1.82, 2.24) is 10.2 Å². The Labute approximate surface area is 121 Å². The average molecular weight is 284 g/mol. The van der Waals surface area contributed by atoms with Gasteiger partial charge in [0.05, 0.1) is 0 Å². The molecule has 2 fully saturated rings. The SMILES string of the molecule is CC(C)(C)[C@H](NC(=O)O)C1CCN(C2CCOCC2)C1. The second-order valence-electron chi connectivity index (χ2n) is 7.18. The minimum atomic E-state index is -0.908. The van der Waals surface area contributed by atoms with Gasteiger partial charge in [0.1, 0.15) is 0 Å². The predicted molar refractivity (Wildman–Crippen MR) is 77.9 cm³/mol. The number of hydrogen-bond donors (Lipinski definition) is 2. The van der Waals surface area contributed by atoms with Crippen molar-refractivity contribution in [2.75, 3.05) is 26.3 Å². The highest BCUT2D eigenvalue weighted by molar-refractivity contribution is 5.65. The van der Waals surface area contributed by atoms with Crippen LogP contribution in [0.3, 0.4) is 0 Å². The summed E-state index contributed by atoms with van der Waals surface area (Å²) < 4.78 is 5.42. The van der Waals surface area contributed by atoms with Gasteiger partial charge >= 0.3 is 6.09 Å². The van der Waals surface area contributed by atoms with Crippen LogP contribution in [0.15, 0.2) is 0 Å². The van der Waals surface area contributed by atoms with Gasteiger partial charge in [0.2, 0.25) is 0 Å². The van der Waals surface area contributed by atoms with Crippen molar-refractivity contribution in [3.05, 3.63) is 0 Å². The van der Waals surface area contributed by atoms with E-state index in [1.807, 2.05) is 0 Å². The lowest BCUT2D eigenvalue weighted by Gasteiger charge is -2.36. The molecule has 0 radical (unpaired) electrons. The lowest BCUT2D eigenvalue weighted by atomic mass is 9.78. The fourth-order valence-corrected chi connectivity index (χ4v) is 3.64. The molecule has 0 aliphatic carbocycles. The van der Waals surface area contributed by atoms with Crippen molar-refractivity contribution < 1.29 is 14.6 Å². The van der Waals surface area contributed by atoms with Crippen LogP contribution in [-0.2, 0) is 4.74 Å². The molecule has 2 saturated heterocycles. The summed E-state index contributed by atoms with van der Waals surface area (Å²) in [5, 5.41) is 11.8. The molecule has 20 heavy (non-hydrogen) atoms. The first-order valence-corrected chi connectivity index (χ1v) is 7.69. The van der Waals surface area contributed by atoms with Crippen molar-refractivity contribution in [2.24, 2.45) is 11.3 Å². The molecule has 2 N–H and O–H groups in total. The normalized spacial score (nSPS) is 27.4. The highest BCUT2D eigenvalue weighted by Crippen LogP contribution is 2.33. The lowest BCUT2D eigenvalue weighted by molar-refractivity contribution is 0.0395. The van der Waals surface area contributed by atoms with E-state index in [0.29, 0.717) is 12.0 Å². The van der Waals surface area contributed by atoms with Gasteiger partial charge in [-0.25, -0.2) is 4.79 Å². The molecule has 116 valence electrons. The van der Waals surface area contributed by atoms with Gasteiger partial charge in [0, 0.05) is 31.8 Å². The zero-order valence-corrected chi connectivity index (χ0v) is 12.9. The van der Waals surface area contributed by atoms with E-state index < -0.39 is 6.09 Å². The van der Waals surface area contributed by atoms with Crippen LogP contribution < -0.4 is 5.32 Å².